The Morgan fingerprint density at radius 2 is 1.82 bits per heavy atom. The van der Waals surface area contributed by atoms with E-state index in [1.54, 1.807) is 31.2 Å². The first-order chi connectivity index (χ1) is 15.7. The fourth-order valence-electron chi connectivity index (χ4n) is 2.56. The highest BCUT2D eigenvalue weighted by Gasteiger charge is 2.25. The second-order valence-electron chi connectivity index (χ2n) is 6.32. The molecule has 8 nitrogen and oxygen atoms in total. The predicted molar refractivity (Wildman–Crippen MR) is 133 cm³/mol. The van der Waals surface area contributed by atoms with Crippen LogP contribution in [0.25, 0.3) is 0 Å². The lowest BCUT2D eigenvalue weighted by Gasteiger charge is -2.06. The molecular formula is C21H15Br2Cl2N3O5. The summed E-state index contributed by atoms with van der Waals surface area (Å²) in [4.78, 5) is 24.8. The van der Waals surface area contributed by atoms with Crippen LogP contribution in [0.1, 0.15) is 33.4 Å². The Labute approximate surface area is 215 Å². The van der Waals surface area contributed by atoms with Crippen LogP contribution >= 0.6 is 55.1 Å². The summed E-state index contributed by atoms with van der Waals surface area (Å²) < 4.78 is 11.4. The highest BCUT2D eigenvalue weighted by Crippen LogP contribution is 2.35. The summed E-state index contributed by atoms with van der Waals surface area (Å²) in [7, 11) is 0. The summed E-state index contributed by atoms with van der Waals surface area (Å²) in [5.74, 6) is -1.22. The normalized spacial score (nSPS) is 10.9. The number of carbonyl (C=O) groups is 2. The quantitative estimate of drug-likeness (QED) is 0.158. The summed E-state index contributed by atoms with van der Waals surface area (Å²) in [6.07, 6.45) is 1.15. The van der Waals surface area contributed by atoms with Crippen molar-refractivity contribution in [1.29, 1.82) is 0 Å². The first-order valence-corrected chi connectivity index (χ1v) is 11.6. The molecule has 0 unspecified atom stereocenters. The van der Waals surface area contributed by atoms with Gasteiger partial charge in [0.2, 0.25) is 5.88 Å². The number of nitrogens with one attached hydrogen (secondary N) is 2. The zero-order valence-corrected chi connectivity index (χ0v) is 21.5. The van der Waals surface area contributed by atoms with E-state index in [0.717, 1.165) is 6.21 Å². The number of phenols is 1. The first-order valence-electron chi connectivity index (χ1n) is 9.24. The molecule has 0 saturated heterocycles. The maximum absolute atomic E-state index is 12.4. The number of ether oxygens (including phenoxy) is 1. The van der Waals surface area contributed by atoms with Gasteiger partial charge >= 0.3 is 5.97 Å². The minimum absolute atomic E-state index is 0.0181. The summed E-state index contributed by atoms with van der Waals surface area (Å²) in [6, 6.07) is 9.56. The van der Waals surface area contributed by atoms with E-state index in [2.05, 4.69) is 47.7 Å². The zero-order chi connectivity index (χ0) is 24.1. The van der Waals surface area contributed by atoms with Crippen molar-refractivity contribution in [2.45, 2.75) is 6.92 Å². The molecule has 33 heavy (non-hydrogen) atoms. The number of benzene rings is 2. The van der Waals surface area contributed by atoms with Gasteiger partial charge in [-0.05, 0) is 75.2 Å². The molecule has 3 rings (SSSR count). The van der Waals surface area contributed by atoms with Gasteiger partial charge in [0.15, 0.2) is 5.76 Å². The zero-order valence-electron chi connectivity index (χ0n) is 16.8. The summed E-state index contributed by atoms with van der Waals surface area (Å²) in [6.45, 7) is 1.80. The van der Waals surface area contributed by atoms with Gasteiger partial charge in [0, 0.05) is 16.3 Å². The van der Waals surface area contributed by atoms with Crippen molar-refractivity contribution < 1.29 is 23.8 Å². The number of hydrogen-bond acceptors (Lipinski definition) is 7. The minimum Gasteiger partial charge on any atom is -0.506 e. The molecule has 12 heteroatoms. The molecule has 3 aromatic rings. The van der Waals surface area contributed by atoms with Crippen molar-refractivity contribution in [3.8, 4) is 5.75 Å². The third-order valence-corrected chi connectivity index (χ3v) is 5.92. The summed E-state index contributed by atoms with van der Waals surface area (Å²) >= 11 is 18.6. The number of aromatic hydroxyl groups is 1. The van der Waals surface area contributed by atoms with Gasteiger partial charge in [-0.1, -0.05) is 23.2 Å². The topological polar surface area (TPSA) is 113 Å². The number of hydrazone groups is 1. The van der Waals surface area contributed by atoms with Gasteiger partial charge in [-0.3, -0.25) is 4.79 Å². The standard InChI is InChI=1S/C21H15Br2Cl2N3O5/c1-2-32-21(31)16-17(25)15(33-20(16)27-12-5-3-11(24)4-6-12)9-26-28-19(30)10-7-13(22)18(29)14(23)8-10/h3-9,27,29H,2H2,1H3,(H,28,30)/b26-9-. The van der Waals surface area contributed by atoms with Crippen molar-refractivity contribution >= 4 is 84.7 Å². The molecule has 0 bridgehead atoms. The Kier molecular flexibility index (Phi) is 8.41. The molecule has 172 valence electrons. The van der Waals surface area contributed by atoms with Crippen LogP contribution in [0.15, 0.2) is 54.9 Å². The van der Waals surface area contributed by atoms with Crippen LogP contribution in [0.2, 0.25) is 10.0 Å². The number of hydrogen-bond donors (Lipinski definition) is 3. The molecule has 2 aromatic carbocycles. The van der Waals surface area contributed by atoms with E-state index in [9.17, 15) is 14.7 Å². The van der Waals surface area contributed by atoms with Crippen molar-refractivity contribution in [2.24, 2.45) is 5.10 Å². The molecule has 1 amide bonds. The van der Waals surface area contributed by atoms with Crippen LogP contribution in [-0.2, 0) is 4.74 Å². The van der Waals surface area contributed by atoms with Crippen LogP contribution in [0, 0.1) is 0 Å². The summed E-state index contributed by atoms with van der Waals surface area (Å²) in [5, 5.41) is 17.1. The molecule has 0 aliphatic rings. The van der Waals surface area contributed by atoms with Crippen molar-refractivity contribution in [2.75, 3.05) is 11.9 Å². The average molecular weight is 620 g/mol. The Balaban J connectivity index is 1.84. The number of furan rings is 1. The molecule has 0 aliphatic heterocycles. The SMILES string of the molecule is CCOC(=O)c1c(Nc2ccc(Cl)cc2)oc(/C=N\NC(=O)c2cc(Br)c(O)c(Br)c2)c1Cl. The molecule has 3 N–H and O–H groups in total. The van der Waals surface area contributed by atoms with E-state index in [1.807, 2.05) is 0 Å². The lowest BCUT2D eigenvalue weighted by molar-refractivity contribution is 0.0527. The predicted octanol–water partition coefficient (Wildman–Crippen LogP) is 6.50. The number of nitrogens with zero attached hydrogens (tertiary/aromatic N) is 1. The molecule has 0 spiro atoms. The van der Waals surface area contributed by atoms with Crippen LogP contribution in [-0.4, -0.2) is 29.8 Å². The number of anilines is 2. The highest BCUT2D eigenvalue weighted by atomic mass is 79.9. The Morgan fingerprint density at radius 3 is 2.42 bits per heavy atom. The number of esters is 1. The van der Waals surface area contributed by atoms with E-state index < -0.39 is 11.9 Å². The molecule has 0 aliphatic carbocycles. The van der Waals surface area contributed by atoms with Crippen molar-refractivity contribution in [1.82, 2.24) is 5.43 Å². The second kappa shape index (κ2) is 11.1. The number of halogens is 4. The second-order valence-corrected chi connectivity index (χ2v) is 8.85. The van der Waals surface area contributed by atoms with Gasteiger partial charge < -0.3 is 19.6 Å². The number of phenolic OH excluding ortho intramolecular Hbond substituents is 1. The van der Waals surface area contributed by atoms with E-state index in [1.165, 1.54) is 12.1 Å². The molecule has 0 saturated carbocycles. The van der Waals surface area contributed by atoms with E-state index in [4.69, 9.17) is 32.4 Å². The lowest BCUT2D eigenvalue weighted by atomic mass is 10.2. The largest absolute Gasteiger partial charge is 0.506 e. The van der Waals surface area contributed by atoms with Crippen molar-refractivity contribution in [3.63, 3.8) is 0 Å². The molecule has 0 atom stereocenters. The van der Waals surface area contributed by atoms with E-state index >= 15 is 0 Å². The molecule has 1 aromatic heterocycles. The maximum atomic E-state index is 12.4. The maximum Gasteiger partial charge on any atom is 0.345 e. The molecule has 1 heterocycles. The molecular weight excluding hydrogens is 605 g/mol. The van der Waals surface area contributed by atoms with E-state index in [0.29, 0.717) is 19.7 Å². The monoisotopic (exact) mass is 617 g/mol. The smallest absolute Gasteiger partial charge is 0.345 e. The number of carbonyl (C=O) groups excluding carboxylic acids is 2. The van der Waals surface area contributed by atoms with Gasteiger partial charge in [0.05, 0.1) is 21.8 Å². The van der Waals surface area contributed by atoms with Gasteiger partial charge in [-0.15, -0.1) is 0 Å². The molecule has 0 radical (unpaired) electrons. The van der Waals surface area contributed by atoms with Crippen LogP contribution < -0.4 is 10.7 Å². The number of rotatable bonds is 7. The Morgan fingerprint density at radius 1 is 1.18 bits per heavy atom. The van der Waals surface area contributed by atoms with Crippen LogP contribution in [0.5, 0.6) is 5.75 Å². The van der Waals surface area contributed by atoms with Crippen LogP contribution in [0.4, 0.5) is 11.6 Å². The van der Waals surface area contributed by atoms with Crippen molar-refractivity contribution in [3.05, 3.63) is 72.3 Å². The summed E-state index contributed by atoms with van der Waals surface area (Å²) in [5.41, 5.74) is 3.13. The minimum atomic E-state index is -0.690. The van der Waals surface area contributed by atoms with Gasteiger partial charge in [0.1, 0.15) is 16.3 Å². The average Bonchev–Trinajstić information content (AvgIpc) is 3.08. The Hall–Kier alpha value is -2.53. The fraction of sp³-hybridized carbons (Fsp3) is 0.0952. The van der Waals surface area contributed by atoms with Gasteiger partial charge in [-0.2, -0.15) is 5.10 Å². The lowest BCUT2D eigenvalue weighted by Crippen LogP contribution is -2.17. The third-order valence-electron chi connectivity index (χ3n) is 4.08. The van der Waals surface area contributed by atoms with Gasteiger partial charge in [0.25, 0.3) is 5.91 Å². The molecule has 0 fully saturated rings. The highest BCUT2D eigenvalue weighted by molar-refractivity contribution is 9.11. The number of amides is 1. The Bertz CT molecular complexity index is 1210. The van der Waals surface area contributed by atoms with Gasteiger partial charge in [-0.25, -0.2) is 10.2 Å². The third kappa shape index (κ3) is 6.08. The first kappa shape index (κ1) is 25.1. The fourth-order valence-corrected chi connectivity index (χ4v) is 4.12. The van der Waals surface area contributed by atoms with E-state index in [-0.39, 0.29) is 40.2 Å². The van der Waals surface area contributed by atoms with Crippen LogP contribution in [0.3, 0.4) is 0 Å².